The molecule has 1 aliphatic heterocycles. The molecule has 0 bridgehead atoms. The van der Waals surface area contributed by atoms with Gasteiger partial charge in [0.25, 0.3) is 0 Å². The Hall–Kier alpha value is -1.72. The second-order valence-electron chi connectivity index (χ2n) is 6.33. The van der Waals surface area contributed by atoms with E-state index in [0.29, 0.717) is 0 Å². The van der Waals surface area contributed by atoms with Gasteiger partial charge in [-0.2, -0.15) is 0 Å². The zero-order chi connectivity index (χ0) is 15.6. The minimum Gasteiger partial charge on any atom is -0.381 e. The van der Waals surface area contributed by atoms with Gasteiger partial charge >= 0.3 is 0 Å². The summed E-state index contributed by atoms with van der Waals surface area (Å²) in [6, 6.07) is 6.27. The van der Waals surface area contributed by atoms with Crippen molar-refractivity contribution in [2.45, 2.75) is 25.3 Å². The van der Waals surface area contributed by atoms with Gasteiger partial charge in [0, 0.05) is 30.7 Å². The number of anilines is 1. The third kappa shape index (κ3) is 2.91. The number of aryl methyl sites for hydroxylation is 1. The Bertz CT molecular complexity index is 650. The number of hydrogen-bond acceptors (Lipinski definition) is 5. The van der Waals surface area contributed by atoms with Crippen LogP contribution in [0, 0.1) is 6.92 Å². The number of nitrogens with one attached hydrogen (secondary N) is 1. The van der Waals surface area contributed by atoms with Crippen molar-refractivity contribution in [2.75, 3.05) is 39.2 Å². The van der Waals surface area contributed by atoms with E-state index in [1.165, 1.54) is 5.56 Å². The van der Waals surface area contributed by atoms with Crippen molar-refractivity contribution < 1.29 is 4.74 Å². The number of hydrogen-bond donors (Lipinski definition) is 1. The van der Waals surface area contributed by atoms with Crippen LogP contribution in [-0.2, 0) is 4.74 Å². The molecule has 3 rings (SSSR count). The van der Waals surface area contributed by atoms with Gasteiger partial charge in [-0.25, -0.2) is 9.97 Å². The second kappa shape index (κ2) is 6.18. The SMILES string of the molecule is Cc1ccc2ncnc(NCC3(N(C)C)CCOCC3)c2c1. The molecule has 0 atom stereocenters. The summed E-state index contributed by atoms with van der Waals surface area (Å²) >= 11 is 0. The lowest BCUT2D eigenvalue weighted by Crippen LogP contribution is -2.53. The second-order valence-corrected chi connectivity index (χ2v) is 6.33. The van der Waals surface area contributed by atoms with E-state index < -0.39 is 0 Å². The quantitative estimate of drug-likeness (QED) is 0.940. The highest BCUT2D eigenvalue weighted by atomic mass is 16.5. The maximum absolute atomic E-state index is 5.53. The summed E-state index contributed by atoms with van der Waals surface area (Å²) in [5.41, 5.74) is 2.33. The van der Waals surface area contributed by atoms with Crippen molar-refractivity contribution >= 4 is 16.7 Å². The molecule has 2 heterocycles. The fraction of sp³-hybridized carbons (Fsp3) is 0.529. The molecule has 1 N–H and O–H groups in total. The Kier molecular flexibility index (Phi) is 4.27. The Morgan fingerprint density at radius 2 is 2.00 bits per heavy atom. The van der Waals surface area contributed by atoms with Crippen LogP contribution in [0.3, 0.4) is 0 Å². The van der Waals surface area contributed by atoms with Crippen LogP contribution in [-0.4, -0.2) is 54.3 Å². The Morgan fingerprint density at radius 3 is 2.73 bits per heavy atom. The summed E-state index contributed by atoms with van der Waals surface area (Å²) in [5, 5.41) is 4.64. The molecule has 1 fully saturated rings. The molecule has 0 spiro atoms. The predicted octanol–water partition coefficient (Wildman–Crippen LogP) is 2.46. The maximum atomic E-state index is 5.53. The first-order valence-corrected chi connectivity index (χ1v) is 7.81. The van der Waals surface area contributed by atoms with Crippen molar-refractivity contribution in [1.82, 2.24) is 14.9 Å². The molecule has 0 aliphatic carbocycles. The van der Waals surface area contributed by atoms with Crippen molar-refractivity contribution in [3.05, 3.63) is 30.1 Å². The highest BCUT2D eigenvalue weighted by Crippen LogP contribution is 2.27. The summed E-state index contributed by atoms with van der Waals surface area (Å²) in [6.07, 6.45) is 3.70. The van der Waals surface area contributed by atoms with Crippen LogP contribution in [0.25, 0.3) is 10.9 Å². The number of ether oxygens (including phenoxy) is 1. The van der Waals surface area contributed by atoms with Crippen LogP contribution >= 0.6 is 0 Å². The molecule has 1 saturated heterocycles. The average molecular weight is 300 g/mol. The van der Waals surface area contributed by atoms with Gasteiger partial charge in [-0.1, -0.05) is 11.6 Å². The molecule has 5 nitrogen and oxygen atoms in total. The van der Waals surface area contributed by atoms with Gasteiger partial charge < -0.3 is 15.0 Å². The van der Waals surface area contributed by atoms with E-state index >= 15 is 0 Å². The van der Waals surface area contributed by atoms with Crippen LogP contribution in [0.1, 0.15) is 18.4 Å². The van der Waals surface area contributed by atoms with Crippen LogP contribution in [0.4, 0.5) is 5.82 Å². The molecular formula is C17H24N4O. The number of likely N-dealkylation sites (N-methyl/N-ethyl adjacent to an activating group) is 1. The van der Waals surface area contributed by atoms with Crippen molar-refractivity contribution in [3.63, 3.8) is 0 Å². The van der Waals surface area contributed by atoms with Gasteiger partial charge in [0.05, 0.1) is 5.52 Å². The number of benzene rings is 1. The number of fused-ring (bicyclic) bond motifs is 1. The topological polar surface area (TPSA) is 50.3 Å². The average Bonchev–Trinajstić information content (AvgIpc) is 2.53. The lowest BCUT2D eigenvalue weighted by Gasteiger charge is -2.43. The highest BCUT2D eigenvalue weighted by Gasteiger charge is 2.34. The molecule has 0 unspecified atom stereocenters. The monoisotopic (exact) mass is 300 g/mol. The van der Waals surface area contributed by atoms with Gasteiger partial charge in [0.15, 0.2) is 0 Å². The van der Waals surface area contributed by atoms with Crippen LogP contribution in [0.5, 0.6) is 0 Å². The van der Waals surface area contributed by atoms with Gasteiger partial charge in [-0.3, -0.25) is 0 Å². The third-order valence-electron chi connectivity index (χ3n) is 4.75. The largest absolute Gasteiger partial charge is 0.381 e. The highest BCUT2D eigenvalue weighted by molar-refractivity contribution is 5.89. The molecule has 1 aromatic heterocycles. The standard InChI is InChI=1S/C17H24N4O/c1-13-4-5-15-14(10-13)16(20-12-19-15)18-11-17(21(2)3)6-8-22-9-7-17/h4-5,10,12H,6-9,11H2,1-3H3,(H,18,19,20). The van der Waals surface area contributed by atoms with E-state index in [4.69, 9.17) is 4.74 Å². The summed E-state index contributed by atoms with van der Waals surface area (Å²) in [5.74, 6) is 0.918. The molecule has 2 aromatic rings. The molecule has 5 heteroatoms. The first-order chi connectivity index (χ1) is 10.6. The maximum Gasteiger partial charge on any atom is 0.137 e. The van der Waals surface area contributed by atoms with E-state index in [-0.39, 0.29) is 5.54 Å². The smallest absolute Gasteiger partial charge is 0.137 e. The van der Waals surface area contributed by atoms with Crippen LogP contribution < -0.4 is 5.32 Å². The fourth-order valence-corrected chi connectivity index (χ4v) is 3.09. The Labute approximate surface area is 131 Å². The summed E-state index contributed by atoms with van der Waals surface area (Å²) in [6.45, 7) is 4.60. The van der Waals surface area contributed by atoms with Crippen molar-refractivity contribution in [1.29, 1.82) is 0 Å². The van der Waals surface area contributed by atoms with Crippen LogP contribution in [0.15, 0.2) is 24.5 Å². The lowest BCUT2D eigenvalue weighted by atomic mass is 9.88. The molecule has 0 saturated carbocycles. The third-order valence-corrected chi connectivity index (χ3v) is 4.75. The minimum absolute atomic E-state index is 0.124. The van der Waals surface area contributed by atoms with Gasteiger partial charge in [0.1, 0.15) is 12.1 Å². The molecular weight excluding hydrogens is 276 g/mol. The van der Waals surface area contributed by atoms with Gasteiger partial charge in [0.2, 0.25) is 0 Å². The molecule has 1 aliphatic rings. The van der Waals surface area contributed by atoms with E-state index in [1.54, 1.807) is 6.33 Å². The molecule has 0 radical (unpaired) electrons. The molecule has 22 heavy (non-hydrogen) atoms. The summed E-state index contributed by atoms with van der Waals surface area (Å²) in [4.78, 5) is 11.1. The summed E-state index contributed by atoms with van der Waals surface area (Å²) in [7, 11) is 4.30. The normalized spacial score (nSPS) is 17.8. The van der Waals surface area contributed by atoms with Crippen LogP contribution in [0.2, 0.25) is 0 Å². The van der Waals surface area contributed by atoms with E-state index in [2.05, 4.69) is 53.3 Å². The van der Waals surface area contributed by atoms with E-state index in [0.717, 1.165) is 49.3 Å². The minimum atomic E-state index is 0.124. The molecule has 118 valence electrons. The molecule has 0 amide bonds. The summed E-state index contributed by atoms with van der Waals surface area (Å²) < 4.78 is 5.53. The van der Waals surface area contributed by atoms with E-state index in [9.17, 15) is 0 Å². The van der Waals surface area contributed by atoms with Gasteiger partial charge in [-0.15, -0.1) is 0 Å². The fourth-order valence-electron chi connectivity index (χ4n) is 3.09. The van der Waals surface area contributed by atoms with E-state index in [1.807, 2.05) is 6.07 Å². The first-order valence-electron chi connectivity index (χ1n) is 7.81. The predicted molar refractivity (Wildman–Crippen MR) is 89.2 cm³/mol. The first kappa shape index (κ1) is 15.2. The van der Waals surface area contributed by atoms with Gasteiger partial charge in [-0.05, 0) is 46.0 Å². The Balaban J connectivity index is 1.85. The zero-order valence-corrected chi connectivity index (χ0v) is 13.6. The Morgan fingerprint density at radius 1 is 1.23 bits per heavy atom. The number of rotatable bonds is 4. The number of aromatic nitrogens is 2. The van der Waals surface area contributed by atoms with Crippen molar-refractivity contribution in [3.8, 4) is 0 Å². The zero-order valence-electron chi connectivity index (χ0n) is 13.6. The van der Waals surface area contributed by atoms with Crippen molar-refractivity contribution in [2.24, 2.45) is 0 Å². The number of nitrogens with zero attached hydrogens (tertiary/aromatic N) is 3. The molecule has 1 aromatic carbocycles. The lowest BCUT2D eigenvalue weighted by molar-refractivity contribution is -0.000651.